The van der Waals surface area contributed by atoms with Gasteiger partial charge in [-0.05, 0) is 24.9 Å². The Bertz CT molecular complexity index is 176. The van der Waals surface area contributed by atoms with Gasteiger partial charge in [-0.3, -0.25) is 0 Å². The van der Waals surface area contributed by atoms with Crippen LogP contribution in [-0.2, 0) is 4.74 Å². The first-order chi connectivity index (χ1) is 7.07. The van der Waals surface area contributed by atoms with Crippen LogP contribution in [0.15, 0.2) is 0 Å². The van der Waals surface area contributed by atoms with Gasteiger partial charge < -0.3 is 15.0 Å². The second-order valence-corrected chi connectivity index (χ2v) is 5.36. The topological polar surface area (TPSA) is 24.5 Å². The molecule has 0 aromatic rings. The van der Waals surface area contributed by atoms with Crippen LogP contribution in [0.4, 0.5) is 0 Å². The van der Waals surface area contributed by atoms with E-state index in [1.165, 1.54) is 19.5 Å². The Morgan fingerprint density at radius 3 is 2.67 bits per heavy atom. The lowest BCUT2D eigenvalue weighted by Gasteiger charge is -2.25. The van der Waals surface area contributed by atoms with Crippen molar-refractivity contribution >= 4 is 0 Å². The number of hydrogen-bond donors (Lipinski definition) is 1. The minimum absolute atomic E-state index is 0.480. The molecule has 1 aliphatic rings. The van der Waals surface area contributed by atoms with Crippen LogP contribution in [-0.4, -0.2) is 50.8 Å². The van der Waals surface area contributed by atoms with Crippen molar-refractivity contribution in [1.29, 1.82) is 0 Å². The minimum atomic E-state index is 0.480. The first-order valence-electron chi connectivity index (χ1n) is 6.02. The number of likely N-dealkylation sites (N-methyl/N-ethyl adjacent to an activating group) is 1. The van der Waals surface area contributed by atoms with Gasteiger partial charge in [-0.1, -0.05) is 20.8 Å². The van der Waals surface area contributed by atoms with Gasteiger partial charge in [-0.15, -0.1) is 0 Å². The van der Waals surface area contributed by atoms with Gasteiger partial charge in [-0.25, -0.2) is 0 Å². The van der Waals surface area contributed by atoms with E-state index in [9.17, 15) is 0 Å². The predicted molar refractivity (Wildman–Crippen MR) is 64.2 cm³/mol. The number of nitrogens with one attached hydrogen (secondary N) is 1. The second kappa shape index (κ2) is 5.83. The Hall–Kier alpha value is -0.120. The molecule has 1 atom stereocenters. The molecule has 0 amide bonds. The fourth-order valence-corrected chi connectivity index (χ4v) is 2.36. The summed E-state index contributed by atoms with van der Waals surface area (Å²) in [6, 6.07) is 0.480. The van der Waals surface area contributed by atoms with E-state index in [1.54, 1.807) is 7.11 Å². The zero-order valence-corrected chi connectivity index (χ0v) is 10.7. The molecule has 1 N–H and O–H groups in total. The van der Waals surface area contributed by atoms with Crippen LogP contribution in [0.1, 0.15) is 27.2 Å². The van der Waals surface area contributed by atoms with E-state index < -0.39 is 0 Å². The number of likely N-dealkylation sites (tertiary alicyclic amines) is 1. The molecule has 1 aliphatic heterocycles. The highest BCUT2D eigenvalue weighted by molar-refractivity contribution is 4.84. The van der Waals surface area contributed by atoms with E-state index in [-0.39, 0.29) is 0 Å². The Labute approximate surface area is 94.2 Å². The molecule has 3 heteroatoms. The summed E-state index contributed by atoms with van der Waals surface area (Å²) in [6.07, 6.45) is 1.32. The quantitative estimate of drug-likeness (QED) is 0.722. The van der Waals surface area contributed by atoms with Crippen molar-refractivity contribution in [2.24, 2.45) is 5.41 Å². The van der Waals surface area contributed by atoms with Crippen molar-refractivity contribution in [2.45, 2.75) is 33.2 Å². The summed E-state index contributed by atoms with van der Waals surface area (Å²) in [4.78, 5) is 2.55. The van der Waals surface area contributed by atoms with Crippen LogP contribution in [0.5, 0.6) is 0 Å². The molecule has 0 aromatic heterocycles. The number of ether oxygens (including phenoxy) is 1. The Balaban J connectivity index is 2.32. The molecule has 1 fully saturated rings. The molecular formula is C12H26N2O. The van der Waals surface area contributed by atoms with Gasteiger partial charge in [0.15, 0.2) is 0 Å². The average molecular weight is 214 g/mol. The van der Waals surface area contributed by atoms with E-state index >= 15 is 0 Å². The molecule has 3 nitrogen and oxygen atoms in total. The number of rotatable bonds is 6. The third kappa shape index (κ3) is 4.49. The van der Waals surface area contributed by atoms with Gasteiger partial charge in [0.25, 0.3) is 0 Å². The van der Waals surface area contributed by atoms with Crippen molar-refractivity contribution in [2.75, 3.05) is 39.9 Å². The lowest BCUT2D eigenvalue weighted by atomic mass is 9.93. The van der Waals surface area contributed by atoms with Crippen molar-refractivity contribution in [1.82, 2.24) is 10.2 Å². The normalized spacial score (nSPS) is 23.2. The molecule has 1 rings (SSSR count). The number of hydrogen-bond acceptors (Lipinski definition) is 3. The Morgan fingerprint density at radius 1 is 1.47 bits per heavy atom. The molecule has 0 aromatic carbocycles. The Morgan fingerprint density at radius 2 is 2.20 bits per heavy atom. The molecule has 0 aliphatic carbocycles. The highest BCUT2D eigenvalue weighted by atomic mass is 16.5. The van der Waals surface area contributed by atoms with E-state index in [1.807, 2.05) is 0 Å². The molecule has 1 heterocycles. The molecule has 0 saturated carbocycles. The number of methoxy groups -OCH3 is 1. The summed E-state index contributed by atoms with van der Waals surface area (Å²) in [6.45, 7) is 12.3. The number of nitrogens with zero attached hydrogens (tertiary/aromatic N) is 1. The van der Waals surface area contributed by atoms with Crippen molar-refractivity contribution in [3.05, 3.63) is 0 Å². The molecule has 15 heavy (non-hydrogen) atoms. The third-order valence-corrected chi connectivity index (χ3v) is 3.10. The lowest BCUT2D eigenvalue weighted by molar-refractivity contribution is 0.143. The van der Waals surface area contributed by atoms with Crippen molar-refractivity contribution in [3.8, 4) is 0 Å². The SMILES string of the molecule is CCNC(COC)CN1CCC(C)(C)C1. The fourth-order valence-electron chi connectivity index (χ4n) is 2.36. The van der Waals surface area contributed by atoms with Crippen molar-refractivity contribution < 1.29 is 4.74 Å². The van der Waals surface area contributed by atoms with Crippen LogP contribution in [0.25, 0.3) is 0 Å². The van der Waals surface area contributed by atoms with E-state index in [4.69, 9.17) is 4.74 Å². The summed E-state index contributed by atoms with van der Waals surface area (Å²) >= 11 is 0. The zero-order valence-electron chi connectivity index (χ0n) is 10.7. The largest absolute Gasteiger partial charge is 0.383 e. The van der Waals surface area contributed by atoms with Gasteiger partial charge in [-0.2, -0.15) is 0 Å². The van der Waals surface area contributed by atoms with Crippen LogP contribution >= 0.6 is 0 Å². The summed E-state index contributed by atoms with van der Waals surface area (Å²) in [5, 5.41) is 3.47. The maximum Gasteiger partial charge on any atom is 0.0628 e. The third-order valence-electron chi connectivity index (χ3n) is 3.10. The van der Waals surface area contributed by atoms with Gasteiger partial charge in [0, 0.05) is 26.2 Å². The monoisotopic (exact) mass is 214 g/mol. The van der Waals surface area contributed by atoms with Crippen LogP contribution in [0, 0.1) is 5.41 Å². The highest BCUT2D eigenvalue weighted by Gasteiger charge is 2.29. The molecule has 0 radical (unpaired) electrons. The Kier molecular flexibility index (Phi) is 5.03. The first kappa shape index (κ1) is 12.9. The molecule has 90 valence electrons. The molecule has 0 spiro atoms. The van der Waals surface area contributed by atoms with Crippen LogP contribution in [0.3, 0.4) is 0 Å². The maximum absolute atomic E-state index is 5.23. The smallest absolute Gasteiger partial charge is 0.0628 e. The van der Waals surface area contributed by atoms with Gasteiger partial charge in [0.2, 0.25) is 0 Å². The van der Waals surface area contributed by atoms with E-state index in [0.717, 1.165) is 19.7 Å². The molecule has 1 saturated heterocycles. The standard InChI is InChI=1S/C12H26N2O/c1-5-13-11(9-15-4)8-14-7-6-12(2,3)10-14/h11,13H,5-10H2,1-4H3. The van der Waals surface area contributed by atoms with Gasteiger partial charge >= 0.3 is 0 Å². The summed E-state index contributed by atoms with van der Waals surface area (Å²) in [5.41, 5.74) is 0.504. The maximum atomic E-state index is 5.23. The first-order valence-corrected chi connectivity index (χ1v) is 6.02. The molecule has 0 bridgehead atoms. The van der Waals surface area contributed by atoms with Crippen molar-refractivity contribution in [3.63, 3.8) is 0 Å². The average Bonchev–Trinajstić information content (AvgIpc) is 2.46. The molecular weight excluding hydrogens is 188 g/mol. The van der Waals surface area contributed by atoms with Crippen LogP contribution < -0.4 is 5.32 Å². The minimum Gasteiger partial charge on any atom is -0.383 e. The molecule has 1 unspecified atom stereocenters. The van der Waals surface area contributed by atoms with E-state index in [2.05, 4.69) is 31.0 Å². The van der Waals surface area contributed by atoms with Crippen LogP contribution in [0.2, 0.25) is 0 Å². The fraction of sp³-hybridized carbons (Fsp3) is 1.00. The zero-order chi connectivity index (χ0) is 11.3. The highest BCUT2D eigenvalue weighted by Crippen LogP contribution is 2.28. The predicted octanol–water partition coefficient (Wildman–Crippen LogP) is 1.34. The summed E-state index contributed by atoms with van der Waals surface area (Å²) in [5.74, 6) is 0. The summed E-state index contributed by atoms with van der Waals surface area (Å²) in [7, 11) is 1.78. The van der Waals surface area contributed by atoms with E-state index in [0.29, 0.717) is 11.5 Å². The lowest BCUT2D eigenvalue weighted by Crippen LogP contribution is -2.43. The van der Waals surface area contributed by atoms with Gasteiger partial charge in [0.05, 0.1) is 6.61 Å². The summed E-state index contributed by atoms with van der Waals surface area (Å²) < 4.78 is 5.23. The van der Waals surface area contributed by atoms with Gasteiger partial charge in [0.1, 0.15) is 0 Å². The second-order valence-electron chi connectivity index (χ2n) is 5.36.